The molecule has 0 bridgehead atoms. The molecule has 0 saturated carbocycles. The lowest BCUT2D eigenvalue weighted by atomic mass is 10.2. The van der Waals surface area contributed by atoms with E-state index in [-0.39, 0.29) is 5.88 Å². The third-order valence-electron chi connectivity index (χ3n) is 1.63. The van der Waals surface area contributed by atoms with Crippen molar-refractivity contribution in [1.29, 1.82) is 0 Å². The number of halogens is 1. The van der Waals surface area contributed by atoms with Crippen LogP contribution in [0.5, 0.6) is 0 Å². The first kappa shape index (κ1) is 12.2. The van der Waals surface area contributed by atoms with E-state index >= 15 is 0 Å². The number of hydrogen-bond donors (Lipinski definition) is 1. The number of alkyl halides is 1. The molecule has 0 rings (SSSR count). The van der Waals surface area contributed by atoms with Crippen molar-refractivity contribution in [1.82, 2.24) is 0 Å². The van der Waals surface area contributed by atoms with Gasteiger partial charge in [0, 0.05) is 6.61 Å². The van der Waals surface area contributed by atoms with Gasteiger partial charge in [-0.15, -0.1) is 11.6 Å². The zero-order valence-electron chi connectivity index (χ0n) is 7.76. The number of hydrogen-bond acceptors (Lipinski definition) is 2. The highest BCUT2D eigenvalue weighted by Crippen LogP contribution is 1.99. The van der Waals surface area contributed by atoms with Crippen molar-refractivity contribution in [2.24, 2.45) is 0 Å². The van der Waals surface area contributed by atoms with Crippen LogP contribution < -0.4 is 0 Å². The maximum atomic E-state index is 9.00. The molecule has 0 spiro atoms. The minimum atomic E-state index is -0.502. The summed E-state index contributed by atoms with van der Waals surface area (Å²) in [5.41, 5.74) is 0. The van der Waals surface area contributed by atoms with Crippen LogP contribution in [-0.4, -0.2) is 30.3 Å². The van der Waals surface area contributed by atoms with E-state index in [1.807, 2.05) is 0 Å². The Morgan fingerprint density at radius 2 is 2.08 bits per heavy atom. The zero-order valence-corrected chi connectivity index (χ0v) is 8.52. The van der Waals surface area contributed by atoms with Gasteiger partial charge >= 0.3 is 0 Å². The molecule has 1 unspecified atom stereocenters. The molecule has 2 nitrogen and oxygen atoms in total. The fraction of sp³-hybridized carbons (Fsp3) is 1.00. The molecule has 0 aliphatic heterocycles. The van der Waals surface area contributed by atoms with Crippen molar-refractivity contribution >= 4 is 11.6 Å². The molecule has 74 valence electrons. The number of aliphatic hydroxyl groups is 1. The Morgan fingerprint density at radius 3 is 2.67 bits per heavy atom. The number of ether oxygens (including phenoxy) is 1. The second-order valence-corrected chi connectivity index (χ2v) is 3.25. The highest BCUT2D eigenvalue weighted by atomic mass is 35.5. The first-order valence-electron chi connectivity index (χ1n) is 4.63. The summed E-state index contributed by atoms with van der Waals surface area (Å²) in [6.07, 6.45) is 4.31. The van der Waals surface area contributed by atoms with Crippen molar-refractivity contribution in [3.05, 3.63) is 0 Å². The number of aliphatic hydroxyl groups excluding tert-OH is 1. The van der Waals surface area contributed by atoms with Crippen molar-refractivity contribution in [2.75, 3.05) is 19.1 Å². The van der Waals surface area contributed by atoms with Crippen molar-refractivity contribution in [3.8, 4) is 0 Å². The van der Waals surface area contributed by atoms with E-state index in [9.17, 15) is 0 Å². The summed E-state index contributed by atoms with van der Waals surface area (Å²) in [5.74, 6) is 0.259. The molecule has 0 aromatic heterocycles. The fourth-order valence-corrected chi connectivity index (χ4v) is 0.984. The summed E-state index contributed by atoms with van der Waals surface area (Å²) in [6, 6.07) is 0. The van der Waals surface area contributed by atoms with Gasteiger partial charge in [0.25, 0.3) is 0 Å². The first-order valence-corrected chi connectivity index (χ1v) is 5.16. The standard InChI is InChI=1S/C9H19ClO2/c1-2-3-4-5-6-12-8-9(11)7-10/h9,11H,2-8H2,1H3. The van der Waals surface area contributed by atoms with Gasteiger partial charge in [0.2, 0.25) is 0 Å². The molecule has 0 aliphatic rings. The highest BCUT2D eigenvalue weighted by Gasteiger charge is 2.00. The van der Waals surface area contributed by atoms with E-state index in [2.05, 4.69) is 6.92 Å². The van der Waals surface area contributed by atoms with E-state index in [1.165, 1.54) is 19.3 Å². The third-order valence-corrected chi connectivity index (χ3v) is 1.99. The first-order chi connectivity index (χ1) is 5.81. The highest BCUT2D eigenvalue weighted by molar-refractivity contribution is 6.18. The second kappa shape index (κ2) is 9.30. The molecule has 1 atom stereocenters. The van der Waals surface area contributed by atoms with E-state index < -0.39 is 6.10 Å². The fourth-order valence-electron chi connectivity index (χ4n) is 0.895. The van der Waals surface area contributed by atoms with Gasteiger partial charge < -0.3 is 9.84 Å². The second-order valence-electron chi connectivity index (χ2n) is 2.94. The third kappa shape index (κ3) is 8.31. The molecule has 0 saturated heterocycles. The van der Waals surface area contributed by atoms with E-state index in [4.69, 9.17) is 21.4 Å². The number of rotatable bonds is 8. The molecular formula is C9H19ClO2. The van der Waals surface area contributed by atoms with Crippen LogP contribution in [0.3, 0.4) is 0 Å². The van der Waals surface area contributed by atoms with Crippen LogP contribution in [0.25, 0.3) is 0 Å². The lowest BCUT2D eigenvalue weighted by Gasteiger charge is -2.07. The average molecular weight is 195 g/mol. The minimum absolute atomic E-state index is 0.259. The Kier molecular flexibility index (Phi) is 9.46. The quantitative estimate of drug-likeness (QED) is 0.474. The normalized spacial score (nSPS) is 13.2. The van der Waals surface area contributed by atoms with E-state index in [0.29, 0.717) is 6.61 Å². The predicted octanol–water partition coefficient (Wildman–Crippen LogP) is 2.18. The molecule has 0 fully saturated rings. The van der Waals surface area contributed by atoms with Crippen LogP contribution in [0, 0.1) is 0 Å². The SMILES string of the molecule is CCCCCCOCC(O)CCl. The monoisotopic (exact) mass is 194 g/mol. The smallest absolute Gasteiger partial charge is 0.0908 e. The molecule has 0 radical (unpaired) electrons. The summed E-state index contributed by atoms with van der Waals surface area (Å²) in [6.45, 7) is 3.29. The topological polar surface area (TPSA) is 29.5 Å². The molecule has 0 aromatic rings. The summed E-state index contributed by atoms with van der Waals surface area (Å²) >= 11 is 5.38. The summed E-state index contributed by atoms with van der Waals surface area (Å²) < 4.78 is 5.20. The average Bonchev–Trinajstić information content (AvgIpc) is 2.10. The Balaban J connectivity index is 2.90. The molecule has 3 heteroatoms. The van der Waals surface area contributed by atoms with Gasteiger partial charge in [-0.25, -0.2) is 0 Å². The van der Waals surface area contributed by atoms with Gasteiger partial charge in [0.1, 0.15) is 0 Å². The molecule has 0 amide bonds. The van der Waals surface area contributed by atoms with Crippen molar-refractivity contribution < 1.29 is 9.84 Å². The van der Waals surface area contributed by atoms with Crippen LogP contribution in [0.4, 0.5) is 0 Å². The Bertz CT molecular complexity index is 88.6. The largest absolute Gasteiger partial charge is 0.389 e. The zero-order chi connectivity index (χ0) is 9.23. The van der Waals surface area contributed by atoms with Crippen LogP contribution in [0.15, 0.2) is 0 Å². The van der Waals surface area contributed by atoms with Gasteiger partial charge in [0.05, 0.1) is 18.6 Å². The molecule has 1 N–H and O–H groups in total. The maximum absolute atomic E-state index is 9.00. The Labute approximate surface area is 79.9 Å². The van der Waals surface area contributed by atoms with Crippen LogP contribution >= 0.6 is 11.6 Å². The Hall–Kier alpha value is 0.210. The maximum Gasteiger partial charge on any atom is 0.0908 e. The lowest BCUT2D eigenvalue weighted by Crippen LogP contribution is -2.17. The van der Waals surface area contributed by atoms with Crippen molar-refractivity contribution in [2.45, 2.75) is 38.7 Å². The molecule has 0 aromatic carbocycles. The van der Waals surface area contributed by atoms with Crippen molar-refractivity contribution in [3.63, 3.8) is 0 Å². The molecule has 0 aliphatic carbocycles. The van der Waals surface area contributed by atoms with Crippen LogP contribution in [0.1, 0.15) is 32.6 Å². The summed E-state index contributed by atoms with van der Waals surface area (Å²) in [5, 5.41) is 9.00. The van der Waals surface area contributed by atoms with Gasteiger partial charge in [-0.3, -0.25) is 0 Å². The predicted molar refractivity (Wildman–Crippen MR) is 51.7 cm³/mol. The lowest BCUT2D eigenvalue weighted by molar-refractivity contribution is 0.0462. The molecular weight excluding hydrogens is 176 g/mol. The Morgan fingerprint density at radius 1 is 1.33 bits per heavy atom. The van der Waals surface area contributed by atoms with Gasteiger partial charge in [-0.1, -0.05) is 26.2 Å². The number of unbranched alkanes of at least 4 members (excludes halogenated alkanes) is 3. The molecule has 0 heterocycles. The van der Waals surface area contributed by atoms with Gasteiger partial charge in [-0.05, 0) is 6.42 Å². The van der Waals surface area contributed by atoms with E-state index in [1.54, 1.807) is 0 Å². The summed E-state index contributed by atoms with van der Waals surface area (Å²) in [7, 11) is 0. The van der Waals surface area contributed by atoms with Crippen LogP contribution in [-0.2, 0) is 4.74 Å². The van der Waals surface area contributed by atoms with Crippen LogP contribution in [0.2, 0.25) is 0 Å². The minimum Gasteiger partial charge on any atom is -0.389 e. The van der Waals surface area contributed by atoms with E-state index in [0.717, 1.165) is 13.0 Å². The van der Waals surface area contributed by atoms with Gasteiger partial charge in [0.15, 0.2) is 0 Å². The summed E-state index contributed by atoms with van der Waals surface area (Å²) in [4.78, 5) is 0. The van der Waals surface area contributed by atoms with Gasteiger partial charge in [-0.2, -0.15) is 0 Å². The molecule has 12 heavy (non-hydrogen) atoms.